The summed E-state index contributed by atoms with van der Waals surface area (Å²) in [6, 6.07) is 0.694. The van der Waals surface area contributed by atoms with E-state index in [1.807, 2.05) is 0 Å². The molecule has 1 aliphatic heterocycles. The molecule has 2 aliphatic rings. The van der Waals surface area contributed by atoms with Crippen LogP contribution < -0.4 is 5.73 Å². The van der Waals surface area contributed by atoms with E-state index in [4.69, 9.17) is 5.73 Å². The molecule has 1 heterocycles. The minimum absolute atomic E-state index is 0.423. The van der Waals surface area contributed by atoms with Crippen molar-refractivity contribution < 1.29 is 0 Å². The second-order valence-corrected chi connectivity index (χ2v) is 6.68. The molecule has 1 atom stereocenters. The maximum atomic E-state index is 6.15. The van der Waals surface area contributed by atoms with Gasteiger partial charge in [-0.15, -0.1) is 0 Å². The highest BCUT2D eigenvalue weighted by Crippen LogP contribution is 2.35. The summed E-state index contributed by atoms with van der Waals surface area (Å²) in [5.74, 6) is 0. The van der Waals surface area contributed by atoms with Gasteiger partial charge in [0.05, 0.1) is 0 Å². The van der Waals surface area contributed by atoms with E-state index in [-0.39, 0.29) is 0 Å². The number of rotatable bonds is 3. The molecule has 0 aromatic rings. The van der Waals surface area contributed by atoms with Crippen molar-refractivity contribution in [3.05, 3.63) is 0 Å². The smallest absolute Gasteiger partial charge is 0.0192 e. The van der Waals surface area contributed by atoms with Gasteiger partial charge >= 0.3 is 0 Å². The Kier molecular flexibility index (Phi) is 5.05. The molecule has 1 aliphatic carbocycles. The number of piperazine rings is 1. The highest BCUT2D eigenvalue weighted by Gasteiger charge is 2.33. The van der Waals surface area contributed by atoms with Crippen molar-refractivity contribution in [3.63, 3.8) is 0 Å². The van der Waals surface area contributed by atoms with Crippen molar-refractivity contribution in [1.29, 1.82) is 0 Å². The number of likely N-dealkylation sites (N-methyl/N-ethyl adjacent to an activating group) is 1. The molecular weight excluding hydrogens is 222 g/mol. The second kappa shape index (κ2) is 6.36. The second-order valence-electron chi connectivity index (χ2n) is 6.68. The molecule has 3 nitrogen and oxygen atoms in total. The van der Waals surface area contributed by atoms with Gasteiger partial charge in [0.1, 0.15) is 0 Å². The summed E-state index contributed by atoms with van der Waals surface area (Å²) < 4.78 is 0. The zero-order chi connectivity index (χ0) is 13.0. The van der Waals surface area contributed by atoms with Crippen molar-refractivity contribution >= 4 is 0 Å². The van der Waals surface area contributed by atoms with E-state index in [2.05, 4.69) is 23.8 Å². The Balaban J connectivity index is 1.92. The van der Waals surface area contributed by atoms with E-state index in [0.717, 1.165) is 6.54 Å². The van der Waals surface area contributed by atoms with Crippen LogP contribution in [0.25, 0.3) is 0 Å². The zero-order valence-corrected chi connectivity index (χ0v) is 12.3. The van der Waals surface area contributed by atoms with E-state index in [0.29, 0.717) is 11.5 Å². The van der Waals surface area contributed by atoms with Crippen LogP contribution in [0.3, 0.4) is 0 Å². The molecule has 106 valence electrons. The number of hydrogen-bond donors (Lipinski definition) is 1. The van der Waals surface area contributed by atoms with Crippen LogP contribution in [0.1, 0.15) is 45.4 Å². The van der Waals surface area contributed by atoms with Gasteiger partial charge in [0.25, 0.3) is 0 Å². The molecule has 0 bridgehead atoms. The largest absolute Gasteiger partial charge is 0.330 e. The molecule has 3 heteroatoms. The predicted molar refractivity (Wildman–Crippen MR) is 77.7 cm³/mol. The number of nitrogens with zero attached hydrogens (tertiary/aromatic N) is 2. The fourth-order valence-electron chi connectivity index (χ4n) is 3.65. The highest BCUT2D eigenvalue weighted by molar-refractivity contribution is 4.88. The minimum atomic E-state index is 0.423. The average molecular weight is 253 g/mol. The quantitative estimate of drug-likeness (QED) is 0.780. The molecule has 0 amide bonds. The lowest BCUT2D eigenvalue weighted by Crippen LogP contribution is -2.53. The first kappa shape index (κ1) is 14.3. The SMILES string of the molecule is CC1CN(CC2(CN)CCCCCC2)CCN1C. The molecule has 0 spiro atoms. The van der Waals surface area contributed by atoms with E-state index < -0.39 is 0 Å². The summed E-state index contributed by atoms with van der Waals surface area (Å²) in [4.78, 5) is 5.14. The molecule has 0 aromatic carbocycles. The van der Waals surface area contributed by atoms with E-state index in [1.165, 1.54) is 64.7 Å². The maximum Gasteiger partial charge on any atom is 0.0192 e. The molecule has 1 saturated heterocycles. The predicted octanol–water partition coefficient (Wildman–Crippen LogP) is 1.92. The van der Waals surface area contributed by atoms with E-state index in [9.17, 15) is 0 Å². The Hall–Kier alpha value is -0.120. The molecule has 2 fully saturated rings. The lowest BCUT2D eigenvalue weighted by atomic mass is 9.79. The van der Waals surface area contributed by atoms with Gasteiger partial charge in [0.2, 0.25) is 0 Å². The van der Waals surface area contributed by atoms with Crippen LogP contribution in [0, 0.1) is 5.41 Å². The van der Waals surface area contributed by atoms with Gasteiger partial charge in [0.15, 0.2) is 0 Å². The van der Waals surface area contributed by atoms with Crippen molar-refractivity contribution in [2.75, 3.05) is 39.8 Å². The Labute approximate surface area is 113 Å². The maximum absolute atomic E-state index is 6.15. The van der Waals surface area contributed by atoms with Gasteiger partial charge < -0.3 is 10.6 Å². The van der Waals surface area contributed by atoms with Crippen LogP contribution in [-0.4, -0.2) is 55.6 Å². The standard InChI is InChI=1S/C15H31N3/c1-14-11-18(10-9-17(14)2)13-15(12-16)7-5-3-4-6-8-15/h14H,3-13,16H2,1-2H3. The Morgan fingerprint density at radius 2 is 1.78 bits per heavy atom. The fraction of sp³-hybridized carbons (Fsp3) is 1.00. The molecule has 2 rings (SSSR count). The molecule has 1 unspecified atom stereocenters. The Morgan fingerprint density at radius 1 is 1.11 bits per heavy atom. The van der Waals surface area contributed by atoms with Crippen LogP contribution in [0.15, 0.2) is 0 Å². The molecule has 0 aromatic heterocycles. The van der Waals surface area contributed by atoms with Crippen LogP contribution in [0.5, 0.6) is 0 Å². The fourth-order valence-corrected chi connectivity index (χ4v) is 3.65. The monoisotopic (exact) mass is 253 g/mol. The minimum Gasteiger partial charge on any atom is -0.330 e. The first-order valence-corrected chi connectivity index (χ1v) is 7.78. The molecule has 1 saturated carbocycles. The van der Waals surface area contributed by atoms with Gasteiger partial charge in [0, 0.05) is 32.2 Å². The summed E-state index contributed by atoms with van der Waals surface area (Å²) in [6.07, 6.45) is 8.32. The Morgan fingerprint density at radius 3 is 2.33 bits per heavy atom. The summed E-state index contributed by atoms with van der Waals surface area (Å²) >= 11 is 0. The first-order chi connectivity index (χ1) is 8.65. The van der Waals surface area contributed by atoms with Gasteiger partial charge in [-0.05, 0) is 38.8 Å². The zero-order valence-electron chi connectivity index (χ0n) is 12.3. The average Bonchev–Trinajstić information content (AvgIpc) is 2.60. The lowest BCUT2D eigenvalue weighted by Gasteiger charge is -2.43. The van der Waals surface area contributed by atoms with E-state index >= 15 is 0 Å². The third-order valence-electron chi connectivity index (χ3n) is 5.20. The third kappa shape index (κ3) is 3.46. The van der Waals surface area contributed by atoms with Crippen LogP contribution in [-0.2, 0) is 0 Å². The molecular formula is C15H31N3. The first-order valence-electron chi connectivity index (χ1n) is 7.78. The van der Waals surface area contributed by atoms with E-state index in [1.54, 1.807) is 0 Å². The highest BCUT2D eigenvalue weighted by atomic mass is 15.3. The van der Waals surface area contributed by atoms with Gasteiger partial charge in [-0.2, -0.15) is 0 Å². The van der Waals surface area contributed by atoms with Crippen LogP contribution in [0.2, 0.25) is 0 Å². The van der Waals surface area contributed by atoms with Gasteiger partial charge in [-0.1, -0.05) is 25.7 Å². The Bertz CT molecular complexity index is 246. The number of nitrogens with two attached hydrogens (primary N) is 1. The molecule has 0 radical (unpaired) electrons. The van der Waals surface area contributed by atoms with Crippen LogP contribution in [0.4, 0.5) is 0 Å². The normalized spacial score (nSPS) is 31.2. The third-order valence-corrected chi connectivity index (χ3v) is 5.20. The van der Waals surface area contributed by atoms with Crippen molar-refractivity contribution in [3.8, 4) is 0 Å². The summed E-state index contributed by atoms with van der Waals surface area (Å²) in [5, 5.41) is 0. The summed E-state index contributed by atoms with van der Waals surface area (Å²) in [7, 11) is 2.24. The van der Waals surface area contributed by atoms with Gasteiger partial charge in [-0.3, -0.25) is 4.90 Å². The summed E-state index contributed by atoms with van der Waals surface area (Å²) in [5.41, 5.74) is 6.57. The van der Waals surface area contributed by atoms with Crippen molar-refractivity contribution in [2.24, 2.45) is 11.1 Å². The molecule has 2 N–H and O–H groups in total. The van der Waals surface area contributed by atoms with Crippen LogP contribution >= 0.6 is 0 Å². The summed E-state index contributed by atoms with van der Waals surface area (Å²) in [6.45, 7) is 8.12. The molecule has 18 heavy (non-hydrogen) atoms. The topological polar surface area (TPSA) is 32.5 Å². The van der Waals surface area contributed by atoms with Crippen molar-refractivity contribution in [2.45, 2.75) is 51.5 Å². The lowest BCUT2D eigenvalue weighted by molar-refractivity contribution is 0.0603. The number of hydrogen-bond acceptors (Lipinski definition) is 3. The van der Waals surface area contributed by atoms with Gasteiger partial charge in [-0.25, -0.2) is 0 Å². The van der Waals surface area contributed by atoms with Crippen molar-refractivity contribution in [1.82, 2.24) is 9.80 Å².